The second-order valence-electron chi connectivity index (χ2n) is 5.24. The van der Waals surface area contributed by atoms with Crippen LogP contribution in [-0.2, 0) is 0 Å². The van der Waals surface area contributed by atoms with Crippen LogP contribution in [0.4, 0.5) is 11.4 Å². The molecule has 0 aromatic heterocycles. The van der Waals surface area contributed by atoms with Crippen LogP contribution in [0.2, 0.25) is 0 Å². The zero-order valence-corrected chi connectivity index (χ0v) is 11.9. The van der Waals surface area contributed by atoms with Crippen molar-refractivity contribution in [3.8, 4) is 0 Å². The van der Waals surface area contributed by atoms with E-state index in [2.05, 4.69) is 84.3 Å². The third-order valence-corrected chi connectivity index (χ3v) is 4.37. The highest BCUT2D eigenvalue weighted by Gasteiger charge is 2.35. The Hall–Kier alpha value is -1.93. The van der Waals surface area contributed by atoms with E-state index in [-0.39, 0.29) is 0 Å². The van der Waals surface area contributed by atoms with Gasteiger partial charge in [0.2, 0.25) is 0 Å². The summed E-state index contributed by atoms with van der Waals surface area (Å²) >= 11 is 4.55. The quantitative estimate of drug-likeness (QED) is 0.716. The first-order valence-corrected chi connectivity index (χ1v) is 7.33. The third-order valence-electron chi connectivity index (χ3n) is 4.04. The lowest BCUT2D eigenvalue weighted by atomic mass is 9.92. The Bertz CT molecular complexity index is 715. The lowest BCUT2D eigenvalue weighted by Crippen LogP contribution is -2.14. The van der Waals surface area contributed by atoms with Gasteiger partial charge in [-0.2, -0.15) is 0 Å². The molecular formula is C18H15NS. The zero-order valence-electron chi connectivity index (χ0n) is 11.0. The van der Waals surface area contributed by atoms with Gasteiger partial charge in [0.05, 0.1) is 0 Å². The van der Waals surface area contributed by atoms with Crippen LogP contribution in [0.15, 0.2) is 77.4 Å². The molecule has 0 saturated heterocycles. The minimum absolute atomic E-state index is 0.434. The van der Waals surface area contributed by atoms with Crippen molar-refractivity contribution in [2.24, 2.45) is 0 Å². The molecule has 0 saturated carbocycles. The van der Waals surface area contributed by atoms with Gasteiger partial charge >= 0.3 is 0 Å². The Morgan fingerprint density at radius 3 is 2.50 bits per heavy atom. The van der Waals surface area contributed by atoms with Gasteiger partial charge in [-0.05, 0) is 41.2 Å². The molecule has 2 aliphatic rings. The summed E-state index contributed by atoms with van der Waals surface area (Å²) in [5.74, 6) is 0.434. The van der Waals surface area contributed by atoms with Crippen molar-refractivity contribution in [2.45, 2.75) is 12.3 Å². The topological polar surface area (TPSA) is 3.24 Å². The van der Waals surface area contributed by atoms with E-state index in [1.165, 1.54) is 22.6 Å². The Balaban J connectivity index is 1.93. The molecular weight excluding hydrogens is 262 g/mol. The molecule has 2 heteroatoms. The lowest BCUT2D eigenvalue weighted by molar-refractivity contribution is 0.812. The van der Waals surface area contributed by atoms with Gasteiger partial charge in [0, 0.05) is 23.0 Å². The lowest BCUT2D eigenvalue weighted by Gasteiger charge is -2.25. The molecule has 0 amide bonds. The van der Waals surface area contributed by atoms with Gasteiger partial charge in [0.1, 0.15) is 0 Å². The largest absolute Gasteiger partial charge is 0.313 e. The van der Waals surface area contributed by atoms with Crippen LogP contribution < -0.4 is 4.90 Å². The van der Waals surface area contributed by atoms with Crippen LogP contribution in [0, 0.1) is 0 Å². The summed E-state index contributed by atoms with van der Waals surface area (Å²) in [6.07, 6.45) is 5.33. The number of benzene rings is 2. The number of nitrogens with zero attached hydrogens (tertiary/aromatic N) is 1. The first-order chi connectivity index (χ1) is 9.84. The fourth-order valence-electron chi connectivity index (χ4n) is 3.17. The average molecular weight is 277 g/mol. The predicted molar refractivity (Wildman–Crippen MR) is 87.5 cm³/mol. The number of rotatable bonds is 1. The van der Waals surface area contributed by atoms with Crippen molar-refractivity contribution in [2.75, 3.05) is 4.90 Å². The van der Waals surface area contributed by atoms with Gasteiger partial charge in [0.15, 0.2) is 0 Å². The molecule has 0 bridgehead atoms. The van der Waals surface area contributed by atoms with Gasteiger partial charge in [-0.25, -0.2) is 0 Å². The van der Waals surface area contributed by atoms with Crippen molar-refractivity contribution in [3.05, 3.63) is 82.9 Å². The highest BCUT2D eigenvalue weighted by Crippen LogP contribution is 2.51. The average Bonchev–Trinajstić information content (AvgIpc) is 2.82. The van der Waals surface area contributed by atoms with E-state index in [9.17, 15) is 0 Å². The number of thiol groups is 1. The van der Waals surface area contributed by atoms with E-state index < -0.39 is 0 Å². The molecule has 4 rings (SSSR count). The molecule has 0 spiro atoms. The first-order valence-electron chi connectivity index (χ1n) is 6.88. The molecule has 0 unspecified atom stereocenters. The Kier molecular flexibility index (Phi) is 2.71. The molecule has 1 aliphatic carbocycles. The second kappa shape index (κ2) is 4.57. The minimum atomic E-state index is 0.434. The number of anilines is 2. The van der Waals surface area contributed by atoms with E-state index in [0.29, 0.717) is 5.92 Å². The van der Waals surface area contributed by atoms with Gasteiger partial charge in [-0.1, -0.05) is 42.5 Å². The number of hydrogen-bond acceptors (Lipinski definition) is 2. The predicted octanol–water partition coefficient (Wildman–Crippen LogP) is 5.02. The summed E-state index contributed by atoms with van der Waals surface area (Å²) in [6, 6.07) is 19.3. The maximum Gasteiger partial charge on any atom is 0.0497 e. The third kappa shape index (κ3) is 1.72. The van der Waals surface area contributed by atoms with Crippen LogP contribution in [0.1, 0.15) is 17.9 Å². The van der Waals surface area contributed by atoms with Crippen molar-refractivity contribution in [1.82, 2.24) is 0 Å². The molecule has 1 nitrogen and oxygen atoms in total. The summed E-state index contributed by atoms with van der Waals surface area (Å²) in [5, 5.41) is 0. The van der Waals surface area contributed by atoms with Crippen molar-refractivity contribution in [3.63, 3.8) is 0 Å². The molecule has 0 N–H and O–H groups in total. The van der Waals surface area contributed by atoms with E-state index in [1.807, 2.05) is 0 Å². The van der Waals surface area contributed by atoms with E-state index >= 15 is 0 Å². The van der Waals surface area contributed by atoms with Crippen molar-refractivity contribution >= 4 is 24.0 Å². The number of para-hydroxylation sites is 2. The monoisotopic (exact) mass is 277 g/mol. The maximum atomic E-state index is 4.55. The summed E-state index contributed by atoms with van der Waals surface area (Å²) in [5.41, 5.74) is 5.29. The molecule has 20 heavy (non-hydrogen) atoms. The summed E-state index contributed by atoms with van der Waals surface area (Å²) in [6.45, 7) is 0. The fourth-order valence-corrected chi connectivity index (χ4v) is 3.43. The molecule has 1 aliphatic heterocycles. The Labute approximate surface area is 124 Å². The van der Waals surface area contributed by atoms with Crippen LogP contribution in [0.3, 0.4) is 0 Å². The number of allylic oxidation sites excluding steroid dienone is 4. The molecule has 1 atom stereocenters. The first kappa shape index (κ1) is 11.9. The van der Waals surface area contributed by atoms with Crippen LogP contribution >= 0.6 is 12.6 Å². The highest BCUT2D eigenvalue weighted by atomic mass is 32.1. The van der Waals surface area contributed by atoms with E-state index in [1.54, 1.807) is 0 Å². The van der Waals surface area contributed by atoms with Gasteiger partial charge in [0.25, 0.3) is 0 Å². The number of hydrogen-bond donors (Lipinski definition) is 1. The highest BCUT2D eigenvalue weighted by molar-refractivity contribution is 7.84. The van der Waals surface area contributed by atoms with Gasteiger partial charge in [-0.15, -0.1) is 12.6 Å². The van der Waals surface area contributed by atoms with Crippen LogP contribution in [0.25, 0.3) is 0 Å². The molecule has 2 aromatic carbocycles. The van der Waals surface area contributed by atoms with Gasteiger partial charge < -0.3 is 4.90 Å². The smallest absolute Gasteiger partial charge is 0.0497 e. The Morgan fingerprint density at radius 1 is 0.900 bits per heavy atom. The van der Waals surface area contributed by atoms with E-state index in [4.69, 9.17) is 0 Å². The van der Waals surface area contributed by atoms with Crippen molar-refractivity contribution in [1.29, 1.82) is 0 Å². The normalized spacial score (nSPS) is 20.1. The number of fused-ring (bicyclic) bond motifs is 3. The van der Waals surface area contributed by atoms with E-state index in [0.717, 1.165) is 11.3 Å². The minimum Gasteiger partial charge on any atom is -0.313 e. The summed E-state index contributed by atoms with van der Waals surface area (Å²) in [4.78, 5) is 3.53. The molecule has 1 heterocycles. The maximum absolute atomic E-state index is 4.55. The fraction of sp³-hybridized carbons (Fsp3) is 0.111. The summed E-state index contributed by atoms with van der Waals surface area (Å²) in [7, 11) is 0. The molecule has 0 radical (unpaired) electrons. The van der Waals surface area contributed by atoms with Crippen molar-refractivity contribution < 1.29 is 0 Å². The molecule has 0 fully saturated rings. The van der Waals surface area contributed by atoms with Crippen LogP contribution in [-0.4, -0.2) is 0 Å². The molecule has 98 valence electrons. The molecule has 2 aromatic rings. The van der Waals surface area contributed by atoms with Crippen LogP contribution in [0.5, 0.6) is 0 Å². The summed E-state index contributed by atoms with van der Waals surface area (Å²) < 4.78 is 0. The SMILES string of the molecule is SC1=CC=C2[C@@H](C1)c1ccccc1N2c1ccccc1. The second-order valence-corrected chi connectivity index (χ2v) is 5.81. The zero-order chi connectivity index (χ0) is 13.5. The van der Waals surface area contributed by atoms with Gasteiger partial charge in [-0.3, -0.25) is 0 Å². The standard InChI is InChI=1S/C18H15NS/c20-14-10-11-18-16(12-14)15-8-4-5-9-17(15)19(18)13-6-2-1-3-7-13/h1-11,16,20H,12H2/t16-/m0/s1. The Morgan fingerprint density at radius 2 is 1.65 bits per heavy atom.